The van der Waals surface area contributed by atoms with Gasteiger partial charge in [0, 0.05) is 11.5 Å². The summed E-state index contributed by atoms with van der Waals surface area (Å²) in [6, 6.07) is 37.0. The zero-order valence-corrected chi connectivity index (χ0v) is 23.7. The lowest BCUT2D eigenvalue weighted by molar-refractivity contribution is -0.326. The monoisotopic (exact) mass is 550 g/mol. The highest BCUT2D eigenvalue weighted by atomic mass is 16.7. The minimum absolute atomic E-state index is 0.128. The summed E-state index contributed by atoms with van der Waals surface area (Å²) in [6.07, 6.45) is -0.883. The van der Waals surface area contributed by atoms with Crippen molar-refractivity contribution in [1.82, 2.24) is 0 Å². The van der Waals surface area contributed by atoms with Crippen molar-refractivity contribution in [2.24, 2.45) is 5.92 Å². The van der Waals surface area contributed by atoms with Crippen LogP contribution in [0.3, 0.4) is 0 Å². The van der Waals surface area contributed by atoms with Crippen molar-refractivity contribution in [2.45, 2.75) is 64.0 Å². The molecule has 0 aromatic heterocycles. The maximum atomic E-state index is 14.4. The van der Waals surface area contributed by atoms with Crippen molar-refractivity contribution in [3.63, 3.8) is 0 Å². The molecule has 0 bridgehead atoms. The highest BCUT2D eigenvalue weighted by Crippen LogP contribution is 2.40. The number of carbonyl (C=O) groups is 1. The summed E-state index contributed by atoms with van der Waals surface area (Å²) in [5.41, 5.74) is 4.24. The Hall–Kier alpha value is -3.61. The zero-order chi connectivity index (χ0) is 28.7. The second-order valence-corrected chi connectivity index (χ2v) is 10.7. The van der Waals surface area contributed by atoms with Crippen LogP contribution in [0.15, 0.2) is 115 Å². The Morgan fingerprint density at radius 3 is 1.85 bits per heavy atom. The van der Waals surface area contributed by atoms with Gasteiger partial charge in [-0.05, 0) is 35.1 Å². The molecule has 5 atom stereocenters. The summed E-state index contributed by atoms with van der Waals surface area (Å²) in [4.78, 5) is 14.4. The van der Waals surface area contributed by atoms with E-state index in [2.05, 4.69) is 0 Å². The largest absolute Gasteiger partial charge is 0.370 e. The van der Waals surface area contributed by atoms with Crippen LogP contribution in [0.1, 0.15) is 52.9 Å². The molecule has 4 aromatic carbocycles. The average Bonchev–Trinajstić information content (AvgIpc) is 3.02. The van der Waals surface area contributed by atoms with E-state index in [0.29, 0.717) is 25.0 Å². The van der Waals surface area contributed by atoms with Gasteiger partial charge in [0.05, 0.1) is 25.4 Å². The first kappa shape index (κ1) is 28.9. The summed E-state index contributed by atoms with van der Waals surface area (Å²) in [6.45, 7) is 4.56. The van der Waals surface area contributed by atoms with Gasteiger partial charge in [0.25, 0.3) is 5.79 Å². The number of carbonyl (C=O) groups excluding carboxylic acids is 1. The lowest BCUT2D eigenvalue weighted by Crippen LogP contribution is -2.66. The highest BCUT2D eigenvalue weighted by Gasteiger charge is 2.58. The van der Waals surface area contributed by atoms with E-state index in [9.17, 15) is 9.90 Å². The molecule has 1 heterocycles. The molecule has 1 N–H and O–H groups in total. The molecule has 0 spiro atoms. The third kappa shape index (κ3) is 6.66. The van der Waals surface area contributed by atoms with Gasteiger partial charge in [-0.15, -0.1) is 0 Å². The van der Waals surface area contributed by atoms with Crippen LogP contribution in [0.5, 0.6) is 0 Å². The van der Waals surface area contributed by atoms with Crippen molar-refractivity contribution < 1.29 is 24.1 Å². The Balaban J connectivity index is 1.51. The van der Waals surface area contributed by atoms with E-state index in [-0.39, 0.29) is 12.5 Å². The third-order valence-corrected chi connectivity index (χ3v) is 7.90. The van der Waals surface area contributed by atoms with E-state index in [0.717, 1.165) is 22.3 Å². The topological polar surface area (TPSA) is 65.0 Å². The van der Waals surface area contributed by atoms with Crippen molar-refractivity contribution in [1.29, 1.82) is 0 Å². The van der Waals surface area contributed by atoms with Gasteiger partial charge >= 0.3 is 0 Å². The van der Waals surface area contributed by atoms with Crippen molar-refractivity contribution in [2.75, 3.05) is 0 Å². The molecule has 5 heteroatoms. The number of hydrogen-bond acceptors (Lipinski definition) is 5. The zero-order valence-electron chi connectivity index (χ0n) is 23.7. The molecule has 0 radical (unpaired) electrons. The van der Waals surface area contributed by atoms with Gasteiger partial charge in [-0.3, -0.25) is 4.79 Å². The summed E-state index contributed by atoms with van der Waals surface area (Å²) in [5, 5.41) is 12.3. The van der Waals surface area contributed by atoms with Crippen LogP contribution < -0.4 is 0 Å². The molecule has 212 valence electrons. The van der Waals surface area contributed by atoms with E-state index in [4.69, 9.17) is 14.2 Å². The number of hydrogen-bond donors (Lipinski definition) is 1. The molecule has 1 fully saturated rings. The molecule has 5 rings (SSSR count). The molecule has 41 heavy (non-hydrogen) atoms. The number of aliphatic hydroxyl groups is 1. The fourth-order valence-corrected chi connectivity index (χ4v) is 5.63. The van der Waals surface area contributed by atoms with Gasteiger partial charge < -0.3 is 19.3 Å². The maximum Gasteiger partial charge on any atom is 0.261 e. The standard InChI is InChI=1S/C36H38O5/c1-3-32-26(2)33(39-24-28-17-9-5-10-18-28)35(40-25-29-19-11-6-12-20-29)36(38,41-32)34(37)31-22-14-13-21-30(31)23-27-15-7-4-8-16-27/h4-22,26,32-33,35,38H,3,23-25H2,1-2H3/t26-,32-,33+,35-,36+/m1/s1. The summed E-state index contributed by atoms with van der Waals surface area (Å²) >= 11 is 0. The maximum absolute atomic E-state index is 14.4. The predicted molar refractivity (Wildman–Crippen MR) is 159 cm³/mol. The molecule has 4 aromatic rings. The number of Topliss-reactive ketones (excluding diaryl/α,β-unsaturated/α-hetero) is 1. The van der Waals surface area contributed by atoms with Gasteiger partial charge in [-0.25, -0.2) is 0 Å². The van der Waals surface area contributed by atoms with E-state index in [1.54, 1.807) is 6.07 Å². The van der Waals surface area contributed by atoms with Crippen LogP contribution in [0, 0.1) is 5.92 Å². The lowest BCUT2D eigenvalue weighted by atomic mass is 9.81. The Morgan fingerprint density at radius 2 is 1.27 bits per heavy atom. The smallest absolute Gasteiger partial charge is 0.261 e. The second kappa shape index (κ2) is 13.4. The van der Waals surface area contributed by atoms with Gasteiger partial charge in [-0.2, -0.15) is 0 Å². The quantitative estimate of drug-likeness (QED) is 0.209. The molecular weight excluding hydrogens is 512 g/mol. The average molecular weight is 551 g/mol. The highest BCUT2D eigenvalue weighted by molar-refractivity contribution is 6.03. The van der Waals surface area contributed by atoms with E-state index >= 15 is 0 Å². The fraction of sp³-hybridized carbons (Fsp3) is 0.306. The normalized spacial score (nSPS) is 24.2. The minimum Gasteiger partial charge on any atom is -0.370 e. The lowest BCUT2D eigenvalue weighted by Gasteiger charge is -2.49. The van der Waals surface area contributed by atoms with Gasteiger partial charge in [-0.1, -0.05) is 129 Å². The minimum atomic E-state index is -2.24. The number of rotatable bonds is 11. The first-order valence-corrected chi connectivity index (χ1v) is 14.4. The van der Waals surface area contributed by atoms with Crippen LogP contribution in [-0.4, -0.2) is 35.0 Å². The first-order chi connectivity index (χ1) is 20.0. The molecule has 5 nitrogen and oxygen atoms in total. The Kier molecular flexibility index (Phi) is 9.42. The van der Waals surface area contributed by atoms with Gasteiger partial charge in [0.15, 0.2) is 0 Å². The molecule has 1 aliphatic rings. The van der Waals surface area contributed by atoms with Gasteiger partial charge in [0.2, 0.25) is 5.78 Å². The SMILES string of the molecule is CC[C@H]1O[C@@](O)(C(=O)c2ccccc2Cc2ccccc2)[C@H](OCc2ccccc2)[C@@H](OCc2ccccc2)[C@@H]1C. The van der Waals surface area contributed by atoms with Crippen LogP contribution in [0.2, 0.25) is 0 Å². The molecular formula is C36H38O5. The number of ether oxygens (including phenoxy) is 3. The molecule has 1 aliphatic heterocycles. The van der Waals surface area contributed by atoms with Crippen LogP contribution in [0.25, 0.3) is 0 Å². The summed E-state index contributed by atoms with van der Waals surface area (Å²) < 4.78 is 19.3. The second-order valence-electron chi connectivity index (χ2n) is 10.7. The molecule has 1 saturated heterocycles. The van der Waals surface area contributed by atoms with Crippen LogP contribution in [-0.2, 0) is 33.8 Å². The molecule has 0 saturated carbocycles. The summed E-state index contributed by atoms with van der Waals surface area (Å²) in [7, 11) is 0. The molecule has 0 aliphatic carbocycles. The number of benzene rings is 4. The summed E-state index contributed by atoms with van der Waals surface area (Å²) in [5.74, 6) is -2.88. The third-order valence-electron chi connectivity index (χ3n) is 7.90. The fourth-order valence-electron chi connectivity index (χ4n) is 5.63. The van der Waals surface area contributed by atoms with Crippen molar-refractivity contribution in [3.8, 4) is 0 Å². The van der Waals surface area contributed by atoms with E-state index in [1.165, 1.54) is 0 Å². The first-order valence-electron chi connectivity index (χ1n) is 14.4. The van der Waals surface area contributed by atoms with Gasteiger partial charge in [0.1, 0.15) is 6.10 Å². The van der Waals surface area contributed by atoms with Crippen LogP contribution in [0.4, 0.5) is 0 Å². The van der Waals surface area contributed by atoms with Crippen LogP contribution >= 0.6 is 0 Å². The number of ketones is 1. The Labute approximate surface area is 242 Å². The van der Waals surface area contributed by atoms with Crippen molar-refractivity contribution in [3.05, 3.63) is 143 Å². The Bertz CT molecular complexity index is 1390. The van der Waals surface area contributed by atoms with E-state index < -0.39 is 29.9 Å². The molecule has 0 amide bonds. The van der Waals surface area contributed by atoms with Crippen molar-refractivity contribution >= 4 is 5.78 Å². The van der Waals surface area contributed by atoms with E-state index in [1.807, 2.05) is 123 Å². The molecule has 0 unspecified atom stereocenters. The predicted octanol–water partition coefficient (Wildman–Crippen LogP) is 6.76. The Morgan fingerprint density at radius 1 is 0.756 bits per heavy atom.